The van der Waals surface area contributed by atoms with Crippen LogP contribution in [0.2, 0.25) is 0 Å². The normalized spacial score (nSPS) is 31.6. The first-order chi connectivity index (χ1) is 6.40. The summed E-state index contributed by atoms with van der Waals surface area (Å²) in [6.07, 6.45) is 7.38. The van der Waals surface area contributed by atoms with E-state index in [1.807, 2.05) is 0 Å². The Bertz CT molecular complexity index is 150. The van der Waals surface area contributed by atoms with E-state index < -0.39 is 0 Å². The molecular weight excluding hydrogens is 178 g/mol. The van der Waals surface area contributed by atoms with E-state index >= 15 is 0 Å². The van der Waals surface area contributed by atoms with Crippen molar-refractivity contribution in [1.29, 1.82) is 0 Å². The lowest BCUT2D eigenvalue weighted by Gasteiger charge is -2.32. The van der Waals surface area contributed by atoms with E-state index in [-0.39, 0.29) is 0 Å². The van der Waals surface area contributed by atoms with Crippen molar-refractivity contribution in [3.8, 4) is 0 Å². The quantitative estimate of drug-likeness (QED) is 0.746. The van der Waals surface area contributed by atoms with Gasteiger partial charge in [0.05, 0.1) is 0 Å². The molecule has 0 radical (unpaired) electrons. The Labute approximate surface area is 86.0 Å². The monoisotopic (exact) mass is 199 g/mol. The summed E-state index contributed by atoms with van der Waals surface area (Å²) in [7, 11) is 2.15. The van der Waals surface area contributed by atoms with E-state index in [2.05, 4.69) is 24.1 Å². The van der Waals surface area contributed by atoms with Crippen LogP contribution in [-0.2, 0) is 0 Å². The molecule has 0 aromatic carbocycles. The summed E-state index contributed by atoms with van der Waals surface area (Å²) in [5, 5.41) is 3.53. The minimum Gasteiger partial charge on any atom is -0.317 e. The zero-order valence-electron chi connectivity index (χ0n) is 8.59. The average molecular weight is 199 g/mol. The van der Waals surface area contributed by atoms with Crippen LogP contribution in [0.5, 0.6) is 0 Å². The predicted molar refractivity (Wildman–Crippen MR) is 60.2 cm³/mol. The fourth-order valence-electron chi connectivity index (χ4n) is 2.50. The number of hydrogen-bond acceptors (Lipinski definition) is 2. The van der Waals surface area contributed by atoms with Crippen molar-refractivity contribution in [1.82, 2.24) is 5.32 Å². The molecule has 2 heteroatoms. The predicted octanol–water partition coefficient (Wildman–Crippen LogP) is 2.52. The number of hydrogen-bond donors (Lipinski definition) is 1. The molecule has 2 rings (SSSR count). The van der Waals surface area contributed by atoms with E-state index in [0.717, 1.165) is 17.9 Å². The molecule has 2 fully saturated rings. The minimum atomic E-state index is 0.820. The molecule has 2 aliphatic rings. The number of thioether (sulfide) groups is 1. The first-order valence-corrected chi connectivity index (χ1v) is 6.80. The van der Waals surface area contributed by atoms with Gasteiger partial charge in [-0.1, -0.05) is 19.3 Å². The Kier molecular flexibility index (Phi) is 3.56. The fraction of sp³-hybridized carbons (Fsp3) is 1.00. The van der Waals surface area contributed by atoms with Crippen LogP contribution in [0.1, 0.15) is 32.1 Å². The van der Waals surface area contributed by atoms with Crippen molar-refractivity contribution in [2.24, 2.45) is 11.8 Å². The molecule has 1 saturated heterocycles. The molecular formula is C11H21NS. The summed E-state index contributed by atoms with van der Waals surface area (Å²) in [5.41, 5.74) is 0. The van der Waals surface area contributed by atoms with Gasteiger partial charge in [0.25, 0.3) is 0 Å². The fourth-order valence-corrected chi connectivity index (χ4v) is 3.84. The summed E-state index contributed by atoms with van der Waals surface area (Å²) in [5.74, 6) is 4.82. The lowest BCUT2D eigenvalue weighted by Crippen LogP contribution is -2.36. The van der Waals surface area contributed by atoms with Gasteiger partial charge in [0.15, 0.2) is 0 Å². The molecule has 1 heterocycles. The SMILES string of the molecule is CNC(CC1CCC1)C1CCSC1. The second-order valence-electron chi connectivity index (χ2n) is 4.55. The van der Waals surface area contributed by atoms with Gasteiger partial charge in [-0.15, -0.1) is 0 Å². The molecule has 2 unspecified atom stereocenters. The van der Waals surface area contributed by atoms with Crippen LogP contribution < -0.4 is 5.32 Å². The Hall–Kier alpha value is 0.310. The third kappa shape index (κ3) is 2.41. The van der Waals surface area contributed by atoms with E-state index in [1.54, 1.807) is 0 Å². The first-order valence-electron chi connectivity index (χ1n) is 5.65. The molecule has 1 aliphatic carbocycles. The second kappa shape index (κ2) is 4.70. The number of rotatable bonds is 4. The van der Waals surface area contributed by atoms with Crippen molar-refractivity contribution in [2.45, 2.75) is 38.1 Å². The van der Waals surface area contributed by atoms with Gasteiger partial charge in [-0.05, 0) is 43.2 Å². The van der Waals surface area contributed by atoms with Crippen molar-refractivity contribution in [3.05, 3.63) is 0 Å². The highest BCUT2D eigenvalue weighted by Gasteiger charge is 2.28. The molecule has 0 amide bonds. The van der Waals surface area contributed by atoms with Crippen molar-refractivity contribution >= 4 is 11.8 Å². The van der Waals surface area contributed by atoms with Gasteiger partial charge < -0.3 is 5.32 Å². The highest BCUT2D eigenvalue weighted by molar-refractivity contribution is 7.99. The maximum absolute atomic E-state index is 3.53. The Morgan fingerprint density at radius 2 is 2.23 bits per heavy atom. The second-order valence-corrected chi connectivity index (χ2v) is 5.70. The topological polar surface area (TPSA) is 12.0 Å². The van der Waals surface area contributed by atoms with Gasteiger partial charge in [-0.3, -0.25) is 0 Å². The zero-order valence-corrected chi connectivity index (χ0v) is 9.41. The van der Waals surface area contributed by atoms with Crippen molar-refractivity contribution in [2.75, 3.05) is 18.6 Å². The molecule has 2 atom stereocenters. The summed E-state index contributed by atoms with van der Waals surface area (Å²) in [6.45, 7) is 0. The highest BCUT2D eigenvalue weighted by Crippen LogP contribution is 2.35. The van der Waals surface area contributed by atoms with Gasteiger partial charge >= 0.3 is 0 Å². The van der Waals surface area contributed by atoms with Crippen LogP contribution in [0, 0.1) is 11.8 Å². The highest BCUT2D eigenvalue weighted by atomic mass is 32.2. The molecule has 1 nitrogen and oxygen atoms in total. The maximum atomic E-state index is 3.53. The lowest BCUT2D eigenvalue weighted by atomic mass is 9.78. The summed E-state index contributed by atoms with van der Waals surface area (Å²) >= 11 is 2.14. The van der Waals surface area contributed by atoms with Crippen LogP contribution in [0.3, 0.4) is 0 Å². The van der Waals surface area contributed by atoms with E-state index in [0.29, 0.717) is 0 Å². The third-order valence-electron chi connectivity index (χ3n) is 3.72. The van der Waals surface area contributed by atoms with E-state index in [9.17, 15) is 0 Å². The average Bonchev–Trinajstić information content (AvgIpc) is 2.55. The van der Waals surface area contributed by atoms with Crippen LogP contribution in [0.4, 0.5) is 0 Å². The Morgan fingerprint density at radius 1 is 1.38 bits per heavy atom. The molecule has 1 aliphatic heterocycles. The Balaban J connectivity index is 1.77. The molecule has 0 aromatic heterocycles. The van der Waals surface area contributed by atoms with Crippen LogP contribution in [0.25, 0.3) is 0 Å². The molecule has 13 heavy (non-hydrogen) atoms. The third-order valence-corrected chi connectivity index (χ3v) is 4.90. The summed E-state index contributed by atoms with van der Waals surface area (Å²) in [6, 6.07) is 0.820. The molecule has 76 valence electrons. The molecule has 1 N–H and O–H groups in total. The molecule has 0 spiro atoms. The maximum Gasteiger partial charge on any atom is 0.0103 e. The van der Waals surface area contributed by atoms with Gasteiger partial charge in [-0.25, -0.2) is 0 Å². The molecule has 1 saturated carbocycles. The van der Waals surface area contributed by atoms with E-state index in [1.165, 1.54) is 43.6 Å². The van der Waals surface area contributed by atoms with Crippen LogP contribution in [0.15, 0.2) is 0 Å². The van der Waals surface area contributed by atoms with E-state index in [4.69, 9.17) is 0 Å². The first kappa shape index (κ1) is 9.85. The smallest absolute Gasteiger partial charge is 0.0103 e. The zero-order chi connectivity index (χ0) is 9.10. The van der Waals surface area contributed by atoms with Crippen molar-refractivity contribution in [3.63, 3.8) is 0 Å². The number of nitrogens with one attached hydrogen (secondary N) is 1. The standard InChI is InChI=1S/C11H21NS/c1-12-11(7-9-3-2-4-9)10-5-6-13-8-10/h9-12H,2-8H2,1H3. The summed E-state index contributed by atoms with van der Waals surface area (Å²) < 4.78 is 0. The van der Waals surface area contributed by atoms with Crippen LogP contribution in [-0.4, -0.2) is 24.6 Å². The van der Waals surface area contributed by atoms with Gasteiger partial charge in [0.2, 0.25) is 0 Å². The summed E-state index contributed by atoms with van der Waals surface area (Å²) in [4.78, 5) is 0. The van der Waals surface area contributed by atoms with Gasteiger partial charge in [0.1, 0.15) is 0 Å². The largest absolute Gasteiger partial charge is 0.317 e. The van der Waals surface area contributed by atoms with Gasteiger partial charge in [-0.2, -0.15) is 11.8 Å². The van der Waals surface area contributed by atoms with Gasteiger partial charge in [0, 0.05) is 6.04 Å². The van der Waals surface area contributed by atoms with Crippen molar-refractivity contribution < 1.29 is 0 Å². The minimum absolute atomic E-state index is 0.820. The van der Waals surface area contributed by atoms with Crippen LogP contribution >= 0.6 is 11.8 Å². The Morgan fingerprint density at radius 3 is 2.69 bits per heavy atom. The lowest BCUT2D eigenvalue weighted by molar-refractivity contribution is 0.236. The molecule has 0 bridgehead atoms. The molecule has 0 aromatic rings.